The summed E-state index contributed by atoms with van der Waals surface area (Å²) < 4.78 is 0. The molecule has 0 radical (unpaired) electrons. The van der Waals surface area contributed by atoms with Gasteiger partial charge in [-0.2, -0.15) is 0 Å². The summed E-state index contributed by atoms with van der Waals surface area (Å²) in [4.78, 5) is 13.6. The molecule has 1 amide bonds. The maximum absolute atomic E-state index is 11.2. The lowest BCUT2D eigenvalue weighted by atomic mass is 9.93. The molecule has 0 aromatic heterocycles. The molecule has 3 nitrogen and oxygen atoms in total. The molecule has 80 valence electrons. The summed E-state index contributed by atoms with van der Waals surface area (Å²) in [5.74, 6) is -0.118. The van der Waals surface area contributed by atoms with Gasteiger partial charge in [0.05, 0.1) is 6.04 Å². The van der Waals surface area contributed by atoms with Crippen molar-refractivity contribution in [2.24, 2.45) is 5.73 Å². The number of likely N-dealkylation sites (tertiary alicyclic amines) is 1. The monoisotopic (exact) mass is 196 g/mol. The lowest BCUT2D eigenvalue weighted by Gasteiger charge is -2.34. The first-order valence-corrected chi connectivity index (χ1v) is 5.84. The van der Waals surface area contributed by atoms with Gasteiger partial charge < -0.3 is 5.73 Å². The fourth-order valence-electron chi connectivity index (χ4n) is 2.94. The first-order valence-electron chi connectivity index (χ1n) is 5.84. The Morgan fingerprint density at radius 2 is 1.79 bits per heavy atom. The van der Waals surface area contributed by atoms with Gasteiger partial charge in [-0.05, 0) is 32.2 Å². The Kier molecular flexibility index (Phi) is 3.06. The minimum absolute atomic E-state index is 0.0399. The number of hydrogen-bond acceptors (Lipinski definition) is 2. The standard InChI is InChI=1S/C11H20N2O/c12-11(14)10-7-4-8-13(10)9-5-2-1-3-6-9/h9-10H,1-8H2,(H2,12,14)/t10-/m1/s1. The fourth-order valence-corrected chi connectivity index (χ4v) is 2.94. The van der Waals surface area contributed by atoms with E-state index in [4.69, 9.17) is 5.73 Å². The van der Waals surface area contributed by atoms with Crippen LogP contribution >= 0.6 is 0 Å². The lowest BCUT2D eigenvalue weighted by molar-refractivity contribution is -0.123. The maximum atomic E-state index is 11.2. The van der Waals surface area contributed by atoms with E-state index in [0.29, 0.717) is 6.04 Å². The third-order valence-corrected chi connectivity index (χ3v) is 3.67. The van der Waals surface area contributed by atoms with E-state index in [1.165, 1.54) is 32.1 Å². The molecule has 2 aliphatic rings. The molecule has 3 heteroatoms. The molecule has 1 saturated carbocycles. The topological polar surface area (TPSA) is 46.3 Å². The van der Waals surface area contributed by atoms with Crippen LogP contribution in [0.2, 0.25) is 0 Å². The predicted octanol–water partition coefficient (Wildman–Crippen LogP) is 1.27. The summed E-state index contributed by atoms with van der Waals surface area (Å²) >= 11 is 0. The Bertz CT molecular complexity index is 211. The highest BCUT2D eigenvalue weighted by molar-refractivity contribution is 5.80. The molecule has 1 aliphatic carbocycles. The van der Waals surface area contributed by atoms with Gasteiger partial charge in [-0.25, -0.2) is 0 Å². The SMILES string of the molecule is NC(=O)[C@H]1CCCN1C1CCCCC1. The van der Waals surface area contributed by atoms with Crippen LogP contribution in [0.5, 0.6) is 0 Å². The van der Waals surface area contributed by atoms with Crippen LogP contribution in [-0.4, -0.2) is 29.4 Å². The Hall–Kier alpha value is -0.570. The van der Waals surface area contributed by atoms with E-state index in [2.05, 4.69) is 4.90 Å². The zero-order valence-electron chi connectivity index (χ0n) is 8.74. The quantitative estimate of drug-likeness (QED) is 0.723. The molecule has 0 spiro atoms. The van der Waals surface area contributed by atoms with Crippen molar-refractivity contribution in [1.82, 2.24) is 4.90 Å². The van der Waals surface area contributed by atoms with Gasteiger partial charge >= 0.3 is 0 Å². The summed E-state index contributed by atoms with van der Waals surface area (Å²) in [6.07, 6.45) is 8.67. The molecule has 1 atom stereocenters. The van der Waals surface area contributed by atoms with Crippen LogP contribution in [-0.2, 0) is 4.79 Å². The molecule has 0 aromatic carbocycles. The predicted molar refractivity (Wildman–Crippen MR) is 55.8 cm³/mol. The van der Waals surface area contributed by atoms with Gasteiger partial charge in [0.15, 0.2) is 0 Å². The normalized spacial score (nSPS) is 30.7. The average Bonchev–Trinajstić information content (AvgIpc) is 2.67. The molecular formula is C11H20N2O. The van der Waals surface area contributed by atoms with Gasteiger partial charge in [0.1, 0.15) is 0 Å². The van der Waals surface area contributed by atoms with Gasteiger partial charge in [0, 0.05) is 6.04 Å². The second-order valence-electron chi connectivity index (χ2n) is 4.59. The summed E-state index contributed by atoms with van der Waals surface area (Å²) in [5, 5.41) is 0. The third-order valence-electron chi connectivity index (χ3n) is 3.67. The maximum Gasteiger partial charge on any atom is 0.234 e. The Morgan fingerprint density at radius 3 is 2.43 bits per heavy atom. The second kappa shape index (κ2) is 4.30. The van der Waals surface area contributed by atoms with Crippen molar-refractivity contribution in [2.45, 2.75) is 57.0 Å². The van der Waals surface area contributed by atoms with Crippen molar-refractivity contribution in [3.05, 3.63) is 0 Å². The second-order valence-corrected chi connectivity index (χ2v) is 4.59. The Labute approximate surface area is 85.6 Å². The van der Waals surface area contributed by atoms with Crippen LogP contribution < -0.4 is 5.73 Å². The molecular weight excluding hydrogens is 176 g/mol. The minimum Gasteiger partial charge on any atom is -0.368 e. The zero-order chi connectivity index (χ0) is 9.97. The number of hydrogen-bond donors (Lipinski definition) is 1. The zero-order valence-corrected chi connectivity index (χ0v) is 8.74. The van der Waals surface area contributed by atoms with Gasteiger partial charge in [0.25, 0.3) is 0 Å². The highest BCUT2D eigenvalue weighted by Gasteiger charge is 2.34. The van der Waals surface area contributed by atoms with Crippen molar-refractivity contribution < 1.29 is 4.79 Å². The number of carbonyl (C=O) groups excluding carboxylic acids is 1. The Balaban J connectivity index is 1.97. The average molecular weight is 196 g/mol. The highest BCUT2D eigenvalue weighted by atomic mass is 16.1. The molecule has 0 aromatic rings. The van der Waals surface area contributed by atoms with Crippen molar-refractivity contribution >= 4 is 5.91 Å². The largest absolute Gasteiger partial charge is 0.368 e. The minimum atomic E-state index is -0.118. The third kappa shape index (κ3) is 1.92. The number of rotatable bonds is 2. The molecule has 0 bridgehead atoms. The first-order chi connectivity index (χ1) is 6.79. The molecule has 0 unspecified atom stereocenters. The van der Waals surface area contributed by atoms with Crippen LogP contribution in [0.3, 0.4) is 0 Å². The van der Waals surface area contributed by atoms with Crippen molar-refractivity contribution in [1.29, 1.82) is 0 Å². The van der Waals surface area contributed by atoms with Crippen molar-refractivity contribution in [2.75, 3.05) is 6.54 Å². The van der Waals surface area contributed by atoms with Gasteiger partial charge in [0.2, 0.25) is 5.91 Å². The van der Waals surface area contributed by atoms with E-state index in [1.807, 2.05) is 0 Å². The number of nitrogens with two attached hydrogens (primary N) is 1. The highest BCUT2D eigenvalue weighted by Crippen LogP contribution is 2.28. The van der Waals surface area contributed by atoms with Crippen LogP contribution in [0.4, 0.5) is 0 Å². The van der Waals surface area contributed by atoms with Crippen LogP contribution in [0.25, 0.3) is 0 Å². The molecule has 2 rings (SSSR count). The van der Waals surface area contributed by atoms with E-state index >= 15 is 0 Å². The molecule has 1 heterocycles. The van der Waals surface area contributed by atoms with E-state index in [1.54, 1.807) is 0 Å². The fraction of sp³-hybridized carbons (Fsp3) is 0.909. The van der Waals surface area contributed by atoms with Crippen LogP contribution in [0, 0.1) is 0 Å². The molecule has 14 heavy (non-hydrogen) atoms. The summed E-state index contributed by atoms with van der Waals surface area (Å²) in [5.41, 5.74) is 5.41. The van der Waals surface area contributed by atoms with Crippen molar-refractivity contribution in [3.63, 3.8) is 0 Å². The smallest absolute Gasteiger partial charge is 0.234 e. The summed E-state index contributed by atoms with van der Waals surface area (Å²) in [6.45, 7) is 1.08. The number of carbonyl (C=O) groups is 1. The van der Waals surface area contributed by atoms with Crippen LogP contribution in [0.15, 0.2) is 0 Å². The van der Waals surface area contributed by atoms with Crippen LogP contribution in [0.1, 0.15) is 44.9 Å². The van der Waals surface area contributed by atoms with Gasteiger partial charge in [-0.15, -0.1) is 0 Å². The molecule has 1 aliphatic heterocycles. The van der Waals surface area contributed by atoms with E-state index in [-0.39, 0.29) is 11.9 Å². The summed E-state index contributed by atoms with van der Waals surface area (Å²) in [6, 6.07) is 0.682. The number of primary amides is 1. The van der Waals surface area contributed by atoms with Gasteiger partial charge in [-0.1, -0.05) is 19.3 Å². The van der Waals surface area contributed by atoms with E-state index < -0.39 is 0 Å². The lowest BCUT2D eigenvalue weighted by Crippen LogP contribution is -2.46. The molecule has 2 fully saturated rings. The summed E-state index contributed by atoms with van der Waals surface area (Å²) in [7, 11) is 0. The molecule has 1 saturated heterocycles. The van der Waals surface area contributed by atoms with E-state index in [9.17, 15) is 4.79 Å². The number of amides is 1. The Morgan fingerprint density at radius 1 is 1.07 bits per heavy atom. The van der Waals surface area contributed by atoms with E-state index in [0.717, 1.165) is 19.4 Å². The number of nitrogens with zero attached hydrogens (tertiary/aromatic N) is 1. The van der Waals surface area contributed by atoms with Gasteiger partial charge in [-0.3, -0.25) is 9.69 Å². The van der Waals surface area contributed by atoms with Crippen molar-refractivity contribution in [3.8, 4) is 0 Å². The molecule has 2 N–H and O–H groups in total. The first kappa shape index (κ1) is 9.97.